The Balaban J connectivity index is 1.82. The molecular formula is C13H16N5O5P. The molecule has 2 atom stereocenters. The molecule has 0 amide bonds. The molecule has 11 heteroatoms. The van der Waals surface area contributed by atoms with Gasteiger partial charge in [0.2, 0.25) is 0 Å². The zero-order chi connectivity index (χ0) is 17.3. The third kappa shape index (κ3) is 3.16. The molecule has 1 aliphatic carbocycles. The van der Waals surface area contributed by atoms with Gasteiger partial charge < -0.3 is 20.9 Å². The summed E-state index contributed by atoms with van der Waals surface area (Å²) in [5, 5.41) is 12.7. The Bertz CT molecular complexity index is 745. The van der Waals surface area contributed by atoms with Crippen LogP contribution in [0.5, 0.6) is 0 Å². The van der Waals surface area contributed by atoms with E-state index < -0.39 is 26.3 Å². The van der Waals surface area contributed by atoms with Crippen molar-refractivity contribution in [1.29, 1.82) is 0 Å². The Hall–Kier alpha value is -2.29. The van der Waals surface area contributed by atoms with Gasteiger partial charge in [0.1, 0.15) is 24.4 Å². The lowest BCUT2D eigenvalue weighted by atomic mass is 10.1. The number of nitrogens with zero attached hydrogens (tertiary/aromatic N) is 3. The molecule has 4 N–H and O–H groups in total. The number of ether oxygens (including phenoxy) is 1. The van der Waals surface area contributed by atoms with Gasteiger partial charge in [0.25, 0.3) is 0 Å². The molecule has 2 aliphatic rings. The number of esters is 1. The van der Waals surface area contributed by atoms with Crippen LogP contribution in [0.4, 0.5) is 5.82 Å². The number of hydrogen-bond acceptors (Lipinski definition) is 9. The molecule has 0 spiro atoms. The first-order chi connectivity index (χ1) is 11.4. The first-order valence-corrected chi connectivity index (χ1v) is 7.82. The summed E-state index contributed by atoms with van der Waals surface area (Å²) in [6.45, 7) is 1.62. The highest BCUT2D eigenvalue weighted by molar-refractivity contribution is 7.17. The summed E-state index contributed by atoms with van der Waals surface area (Å²) in [7, 11) is -0.430. The Kier molecular flexibility index (Phi) is 4.35. The van der Waals surface area contributed by atoms with Crippen molar-refractivity contribution in [1.82, 2.24) is 9.55 Å². The first kappa shape index (κ1) is 16.6. The van der Waals surface area contributed by atoms with E-state index in [4.69, 9.17) is 15.0 Å². The monoisotopic (exact) mass is 353 g/mol. The van der Waals surface area contributed by atoms with Gasteiger partial charge in [0.15, 0.2) is 12.2 Å². The smallest absolute Gasteiger partial charge is 0.327 e. The van der Waals surface area contributed by atoms with Crippen LogP contribution in [-0.2, 0) is 18.6 Å². The zero-order valence-corrected chi connectivity index (χ0v) is 13.7. The Morgan fingerprint density at radius 1 is 1.67 bits per heavy atom. The molecule has 128 valence electrons. The van der Waals surface area contributed by atoms with E-state index in [-0.39, 0.29) is 19.2 Å². The number of carbonyl (C=O) groups excluding carboxylic acids is 1. The normalized spacial score (nSPS) is 26.7. The summed E-state index contributed by atoms with van der Waals surface area (Å²) < 4.78 is 22.3. The van der Waals surface area contributed by atoms with E-state index in [1.165, 1.54) is 13.3 Å². The largest absolute Gasteiger partial charge is 0.465 e. The van der Waals surface area contributed by atoms with E-state index in [1.54, 1.807) is 10.8 Å². The van der Waals surface area contributed by atoms with Crippen molar-refractivity contribution in [2.45, 2.75) is 19.6 Å². The number of nitrogens with two attached hydrogens (primary N) is 1. The summed E-state index contributed by atoms with van der Waals surface area (Å²) in [4.78, 5) is 18.9. The number of aliphatic imine (C=N–C) groups is 1. The maximum absolute atomic E-state index is 11.1. The Morgan fingerprint density at radius 2 is 2.46 bits per heavy atom. The number of aromatic nitrogens is 2. The summed E-state index contributed by atoms with van der Waals surface area (Å²) in [6, 6.07) is 0. The van der Waals surface area contributed by atoms with Crippen LogP contribution in [0.3, 0.4) is 0 Å². The second kappa shape index (κ2) is 6.31. The maximum Gasteiger partial charge on any atom is 0.327 e. The van der Waals surface area contributed by atoms with E-state index in [1.807, 2.05) is 0 Å². The van der Waals surface area contributed by atoms with Crippen LogP contribution in [0.15, 0.2) is 16.9 Å². The van der Waals surface area contributed by atoms with Gasteiger partial charge in [-0.25, -0.2) is 14.5 Å². The summed E-state index contributed by atoms with van der Waals surface area (Å²) >= 11 is 0. The minimum absolute atomic E-state index is 0.0885. The van der Waals surface area contributed by atoms with Crippen molar-refractivity contribution in [2.24, 2.45) is 16.1 Å². The third-order valence-electron chi connectivity index (χ3n) is 3.90. The molecule has 1 fully saturated rings. The zero-order valence-electron chi connectivity index (χ0n) is 12.8. The minimum Gasteiger partial charge on any atom is -0.465 e. The quantitative estimate of drug-likeness (QED) is 0.499. The van der Waals surface area contributed by atoms with E-state index in [0.29, 0.717) is 17.9 Å². The highest BCUT2D eigenvalue weighted by Gasteiger charge is 2.51. The van der Waals surface area contributed by atoms with Crippen LogP contribution in [0, 0.1) is 5.41 Å². The van der Waals surface area contributed by atoms with Crippen LogP contribution in [0.2, 0.25) is 0 Å². The lowest BCUT2D eigenvalue weighted by Gasteiger charge is -2.16. The van der Waals surface area contributed by atoms with E-state index in [2.05, 4.69) is 15.3 Å². The highest BCUT2D eigenvalue weighted by Crippen LogP contribution is 2.53. The molecule has 1 aliphatic heterocycles. The predicted molar refractivity (Wildman–Crippen MR) is 83.9 cm³/mol. The number of hydrogen-bond donors (Lipinski definition) is 3. The Labute approximate surface area is 138 Å². The molecule has 24 heavy (non-hydrogen) atoms. The SMILES string of the molecule is CC(=O)OC[C@]1(COP=O)C/C1=C/n1cnc2c1NC(N)=NC2O. The van der Waals surface area contributed by atoms with Gasteiger partial charge in [-0.05, 0) is 12.0 Å². The molecule has 0 bridgehead atoms. The third-order valence-corrected chi connectivity index (χ3v) is 4.13. The summed E-state index contributed by atoms with van der Waals surface area (Å²) in [5.41, 5.74) is 6.41. The second-order valence-corrected chi connectivity index (χ2v) is 6.05. The van der Waals surface area contributed by atoms with Crippen molar-refractivity contribution < 1.29 is 23.7 Å². The number of aliphatic hydroxyl groups is 1. The molecule has 0 aromatic carbocycles. The Morgan fingerprint density at radius 3 is 3.17 bits per heavy atom. The number of imidazole rings is 1. The average molecular weight is 353 g/mol. The number of anilines is 1. The molecule has 1 saturated carbocycles. The van der Waals surface area contributed by atoms with Crippen LogP contribution in [0.1, 0.15) is 25.3 Å². The van der Waals surface area contributed by atoms with Gasteiger partial charge in [-0.1, -0.05) is 0 Å². The highest BCUT2D eigenvalue weighted by atomic mass is 31.1. The van der Waals surface area contributed by atoms with Crippen LogP contribution < -0.4 is 11.1 Å². The number of nitrogens with one attached hydrogen (secondary N) is 1. The fourth-order valence-corrected chi connectivity index (χ4v) is 2.83. The molecule has 3 rings (SSSR count). The van der Waals surface area contributed by atoms with Gasteiger partial charge in [0, 0.05) is 13.1 Å². The number of aliphatic hydroxyl groups excluding tert-OH is 1. The topological polar surface area (TPSA) is 141 Å². The van der Waals surface area contributed by atoms with E-state index in [9.17, 15) is 14.5 Å². The van der Waals surface area contributed by atoms with Gasteiger partial charge in [-0.2, -0.15) is 0 Å². The maximum atomic E-state index is 11.1. The number of fused-ring (bicyclic) bond motifs is 1. The lowest BCUT2D eigenvalue weighted by Crippen LogP contribution is -2.28. The van der Waals surface area contributed by atoms with Crippen molar-refractivity contribution in [3.63, 3.8) is 0 Å². The van der Waals surface area contributed by atoms with E-state index in [0.717, 1.165) is 5.57 Å². The fraction of sp³-hybridized carbons (Fsp3) is 0.462. The van der Waals surface area contributed by atoms with Crippen molar-refractivity contribution >= 4 is 32.6 Å². The average Bonchev–Trinajstić information content (AvgIpc) is 3.05. The molecule has 0 radical (unpaired) electrons. The van der Waals surface area contributed by atoms with Crippen LogP contribution in [-0.4, -0.2) is 39.8 Å². The number of rotatable bonds is 6. The van der Waals surface area contributed by atoms with Crippen molar-refractivity contribution in [3.05, 3.63) is 17.6 Å². The number of guanidine groups is 1. The van der Waals surface area contributed by atoms with Crippen LogP contribution >= 0.6 is 8.69 Å². The lowest BCUT2D eigenvalue weighted by molar-refractivity contribution is -0.142. The molecule has 1 aromatic rings. The molecule has 1 unspecified atom stereocenters. The predicted octanol–water partition coefficient (Wildman–Crippen LogP) is 0.632. The first-order valence-electron chi connectivity index (χ1n) is 7.09. The van der Waals surface area contributed by atoms with Crippen molar-refractivity contribution in [2.75, 3.05) is 18.5 Å². The summed E-state index contributed by atoms with van der Waals surface area (Å²) in [5.74, 6) is 0.207. The second-order valence-electron chi connectivity index (χ2n) is 5.64. The minimum atomic E-state index is -1.12. The van der Waals surface area contributed by atoms with Crippen molar-refractivity contribution in [3.8, 4) is 0 Å². The fourth-order valence-electron chi connectivity index (χ4n) is 2.53. The van der Waals surface area contributed by atoms with E-state index >= 15 is 0 Å². The van der Waals surface area contributed by atoms with Gasteiger partial charge in [0.05, 0.1) is 12.0 Å². The molecular weight excluding hydrogens is 337 g/mol. The molecule has 0 saturated heterocycles. The molecule has 2 heterocycles. The van der Waals surface area contributed by atoms with Gasteiger partial charge in [-0.3, -0.25) is 13.9 Å². The molecule has 10 nitrogen and oxygen atoms in total. The van der Waals surface area contributed by atoms with Gasteiger partial charge in [-0.15, -0.1) is 0 Å². The molecule has 1 aromatic heterocycles. The number of carbonyl (C=O) groups is 1. The van der Waals surface area contributed by atoms with Gasteiger partial charge >= 0.3 is 14.7 Å². The van der Waals surface area contributed by atoms with Crippen LogP contribution in [0.25, 0.3) is 6.20 Å². The standard InChI is InChI=1S/C13H16N5O5P/c1-7(19)22-4-13(5-23-24-21)2-8(13)3-18-6-15-9-10(18)16-12(14)17-11(9)20/h3,6,11,20H,2,4-5H2,1H3,(H3,14,16,17)/b8-3-/t11?,13-/m0/s1. The summed E-state index contributed by atoms with van der Waals surface area (Å²) in [6.07, 6.45) is 2.81.